The summed E-state index contributed by atoms with van der Waals surface area (Å²) in [5.74, 6) is -0.719. The van der Waals surface area contributed by atoms with E-state index in [-0.39, 0.29) is 18.6 Å². The first-order valence-corrected chi connectivity index (χ1v) is 10.9. The molecular weight excluding hydrogens is 418 g/mol. The van der Waals surface area contributed by atoms with Gasteiger partial charge in [-0.15, -0.1) is 0 Å². The number of hydrogen-bond acceptors (Lipinski definition) is 6. The van der Waals surface area contributed by atoms with E-state index < -0.39 is 11.6 Å². The Hall–Kier alpha value is -3.97. The molecule has 0 radical (unpaired) electrons. The van der Waals surface area contributed by atoms with Gasteiger partial charge in [0.2, 0.25) is 0 Å². The fourth-order valence-corrected chi connectivity index (χ4v) is 4.79. The molecule has 2 aromatic carbocycles. The average molecular weight is 439 g/mol. The second-order valence-corrected chi connectivity index (χ2v) is 8.46. The highest BCUT2D eigenvalue weighted by Gasteiger charge is 2.45. The van der Waals surface area contributed by atoms with Gasteiger partial charge in [-0.3, -0.25) is 4.79 Å². The Morgan fingerprint density at radius 2 is 1.94 bits per heavy atom. The molecule has 0 aliphatic carbocycles. The lowest BCUT2D eigenvalue weighted by Gasteiger charge is -2.31. The topological polar surface area (TPSA) is 93.5 Å². The van der Waals surface area contributed by atoms with E-state index >= 15 is 0 Å². The van der Waals surface area contributed by atoms with Crippen molar-refractivity contribution in [2.75, 3.05) is 5.32 Å². The van der Waals surface area contributed by atoms with Crippen molar-refractivity contribution in [3.8, 4) is 11.4 Å². The van der Waals surface area contributed by atoms with Crippen LogP contribution in [0.2, 0.25) is 0 Å². The Morgan fingerprint density at radius 3 is 2.73 bits per heavy atom. The van der Waals surface area contributed by atoms with E-state index in [0.717, 1.165) is 27.8 Å². The molecule has 164 valence electrons. The van der Waals surface area contributed by atoms with E-state index in [1.807, 2.05) is 48.5 Å². The molecule has 7 heteroatoms. The molecule has 2 aromatic heterocycles. The van der Waals surface area contributed by atoms with E-state index in [1.165, 1.54) is 0 Å². The summed E-state index contributed by atoms with van der Waals surface area (Å²) in [6, 6.07) is 19.6. The number of ether oxygens (including phenoxy) is 1. The summed E-state index contributed by atoms with van der Waals surface area (Å²) < 4.78 is 6.79. The van der Waals surface area contributed by atoms with E-state index in [0.29, 0.717) is 29.1 Å². The van der Waals surface area contributed by atoms with E-state index in [9.17, 15) is 14.7 Å². The average Bonchev–Trinajstić information content (AvgIpc) is 3.19. The first kappa shape index (κ1) is 19.7. The Labute approximate surface area is 189 Å². The number of rotatable bonds is 3. The van der Waals surface area contributed by atoms with Gasteiger partial charge in [0, 0.05) is 27.9 Å². The molecule has 4 heterocycles. The predicted molar refractivity (Wildman–Crippen MR) is 124 cm³/mol. The van der Waals surface area contributed by atoms with E-state index in [2.05, 4.69) is 11.4 Å². The maximum absolute atomic E-state index is 13.3. The maximum Gasteiger partial charge on any atom is 0.343 e. The summed E-state index contributed by atoms with van der Waals surface area (Å²) in [4.78, 5) is 30.5. The lowest BCUT2D eigenvalue weighted by Crippen LogP contribution is -2.44. The monoisotopic (exact) mass is 439 g/mol. The number of para-hydroxylation sites is 1. The number of nitrogens with one attached hydrogen (secondary N) is 1. The molecule has 0 saturated carbocycles. The minimum Gasteiger partial charge on any atom is -0.458 e. The molecule has 4 aromatic rings. The van der Waals surface area contributed by atoms with Crippen LogP contribution in [0.25, 0.3) is 22.3 Å². The van der Waals surface area contributed by atoms with Gasteiger partial charge in [0.15, 0.2) is 5.60 Å². The van der Waals surface area contributed by atoms with Crippen LogP contribution < -0.4 is 10.9 Å². The first-order chi connectivity index (χ1) is 16.0. The van der Waals surface area contributed by atoms with Crippen LogP contribution in [0, 0.1) is 0 Å². The summed E-state index contributed by atoms with van der Waals surface area (Å²) in [5.41, 5.74) is 3.47. The summed E-state index contributed by atoms with van der Waals surface area (Å²) in [6.45, 7) is 1.94. The number of carbonyl (C=O) groups excluding carboxylic acids is 1. The quantitative estimate of drug-likeness (QED) is 0.415. The number of nitrogens with zero attached hydrogens (tertiary/aromatic N) is 2. The second-order valence-electron chi connectivity index (χ2n) is 8.46. The predicted octanol–water partition coefficient (Wildman–Crippen LogP) is 3.82. The number of fused-ring (bicyclic) bond motifs is 5. The Balaban J connectivity index is 1.52. The van der Waals surface area contributed by atoms with Crippen LogP contribution >= 0.6 is 0 Å². The molecule has 33 heavy (non-hydrogen) atoms. The number of aliphatic hydroxyl groups is 1. The van der Waals surface area contributed by atoms with Gasteiger partial charge >= 0.3 is 5.97 Å². The third-order valence-electron chi connectivity index (χ3n) is 6.60. The first-order valence-electron chi connectivity index (χ1n) is 10.9. The van der Waals surface area contributed by atoms with Gasteiger partial charge in [-0.05, 0) is 42.8 Å². The summed E-state index contributed by atoms with van der Waals surface area (Å²) in [7, 11) is 0. The van der Waals surface area contributed by atoms with Gasteiger partial charge < -0.3 is 19.7 Å². The molecule has 0 fully saturated rings. The van der Waals surface area contributed by atoms with Gasteiger partial charge in [-0.25, -0.2) is 9.78 Å². The summed E-state index contributed by atoms with van der Waals surface area (Å²) in [5, 5.41) is 15.4. The number of benzene rings is 2. The minimum atomic E-state index is -1.82. The third-order valence-corrected chi connectivity index (χ3v) is 6.60. The van der Waals surface area contributed by atoms with Crippen molar-refractivity contribution in [2.45, 2.75) is 32.1 Å². The number of aromatic nitrogens is 2. The Morgan fingerprint density at radius 1 is 1.12 bits per heavy atom. The number of esters is 1. The maximum atomic E-state index is 13.3. The van der Waals surface area contributed by atoms with Gasteiger partial charge in [-0.1, -0.05) is 31.2 Å². The Bertz CT molecular complexity index is 1510. The van der Waals surface area contributed by atoms with Crippen molar-refractivity contribution in [3.05, 3.63) is 87.7 Å². The third kappa shape index (κ3) is 2.82. The van der Waals surface area contributed by atoms with Crippen molar-refractivity contribution in [1.29, 1.82) is 0 Å². The highest BCUT2D eigenvalue weighted by Crippen LogP contribution is 2.39. The summed E-state index contributed by atoms with van der Waals surface area (Å²) in [6.07, 6.45) is 0.119. The fraction of sp³-hybridized carbons (Fsp3) is 0.192. The van der Waals surface area contributed by atoms with Crippen LogP contribution in [0.5, 0.6) is 0 Å². The van der Waals surface area contributed by atoms with Crippen LogP contribution in [-0.2, 0) is 28.3 Å². The molecule has 2 aliphatic rings. The van der Waals surface area contributed by atoms with Crippen molar-refractivity contribution in [3.63, 3.8) is 0 Å². The number of carbonyl (C=O) groups is 1. The highest BCUT2D eigenvalue weighted by molar-refractivity contribution is 5.95. The zero-order valence-electron chi connectivity index (χ0n) is 18.0. The standard InChI is InChI=1S/C26H21N3O4/c1-2-26(32)19-12-22-23-15(13-29(22)24(30)18(19)14-33-25(26)31)11-17-20(9-6-10-21(17)28-23)27-16-7-4-3-5-8-16/h3-12,27,32H,2,13-14H2,1H3/t26-/m0/s1. The number of pyridine rings is 2. The highest BCUT2D eigenvalue weighted by atomic mass is 16.6. The molecular formula is C26H21N3O4. The summed E-state index contributed by atoms with van der Waals surface area (Å²) >= 11 is 0. The largest absolute Gasteiger partial charge is 0.458 e. The Kier molecular flexibility index (Phi) is 4.19. The van der Waals surface area contributed by atoms with Gasteiger partial charge in [-0.2, -0.15) is 0 Å². The van der Waals surface area contributed by atoms with Crippen LogP contribution in [0.3, 0.4) is 0 Å². The molecule has 6 rings (SSSR count). The molecule has 0 unspecified atom stereocenters. The molecule has 0 bridgehead atoms. The van der Waals surface area contributed by atoms with Crippen LogP contribution in [0.1, 0.15) is 30.0 Å². The van der Waals surface area contributed by atoms with Crippen molar-refractivity contribution in [1.82, 2.24) is 9.55 Å². The van der Waals surface area contributed by atoms with Crippen molar-refractivity contribution in [2.24, 2.45) is 0 Å². The fourth-order valence-electron chi connectivity index (χ4n) is 4.79. The zero-order chi connectivity index (χ0) is 22.7. The van der Waals surface area contributed by atoms with E-state index in [1.54, 1.807) is 17.6 Å². The van der Waals surface area contributed by atoms with Crippen LogP contribution in [0.4, 0.5) is 11.4 Å². The minimum absolute atomic E-state index is 0.119. The normalized spacial score (nSPS) is 18.4. The molecule has 2 aliphatic heterocycles. The van der Waals surface area contributed by atoms with Gasteiger partial charge in [0.25, 0.3) is 5.56 Å². The van der Waals surface area contributed by atoms with Crippen molar-refractivity contribution >= 4 is 28.2 Å². The molecule has 0 amide bonds. The molecule has 2 N–H and O–H groups in total. The smallest absolute Gasteiger partial charge is 0.343 e. The van der Waals surface area contributed by atoms with Crippen molar-refractivity contribution < 1.29 is 14.6 Å². The van der Waals surface area contributed by atoms with Crippen LogP contribution in [-0.4, -0.2) is 20.6 Å². The number of cyclic esters (lactones) is 1. The number of anilines is 2. The van der Waals surface area contributed by atoms with Gasteiger partial charge in [0.05, 0.1) is 29.0 Å². The molecule has 0 spiro atoms. The lowest BCUT2D eigenvalue weighted by atomic mass is 9.86. The molecule has 7 nitrogen and oxygen atoms in total. The lowest BCUT2D eigenvalue weighted by molar-refractivity contribution is -0.172. The van der Waals surface area contributed by atoms with Crippen LogP contribution in [0.15, 0.2) is 65.5 Å². The zero-order valence-corrected chi connectivity index (χ0v) is 18.0. The number of hydrogen-bond donors (Lipinski definition) is 2. The van der Waals surface area contributed by atoms with Gasteiger partial charge in [0.1, 0.15) is 6.61 Å². The molecule has 1 atom stereocenters. The molecule has 0 saturated heterocycles. The SMILES string of the molecule is CC[C@@]1(O)C(=O)OCc2c1cc1n(c2=O)Cc2cc3c(Nc4ccccc4)cccc3nc2-1. The van der Waals surface area contributed by atoms with E-state index in [4.69, 9.17) is 9.72 Å². The second kappa shape index (κ2) is 7.02.